The zero-order valence-corrected chi connectivity index (χ0v) is 14.0. The molecular weight excluding hydrogens is 306 g/mol. The van der Waals surface area contributed by atoms with Crippen molar-refractivity contribution in [1.82, 2.24) is 10.3 Å². The number of nitrogens with one attached hydrogen (secondary N) is 1. The molecular formula is C18H25N3O3. The third kappa shape index (κ3) is 3.26. The molecule has 1 saturated carbocycles. The van der Waals surface area contributed by atoms with E-state index in [1.54, 1.807) is 6.20 Å². The lowest BCUT2D eigenvalue weighted by Crippen LogP contribution is -2.45. The summed E-state index contributed by atoms with van der Waals surface area (Å²) >= 11 is 0. The Morgan fingerprint density at radius 2 is 1.88 bits per heavy atom. The number of carbonyl (C=O) groups is 1. The molecule has 0 aromatic carbocycles. The normalized spacial score (nSPS) is 23.8. The van der Waals surface area contributed by atoms with Crippen LogP contribution in [-0.2, 0) is 9.47 Å². The Morgan fingerprint density at radius 3 is 2.50 bits per heavy atom. The lowest BCUT2D eigenvalue weighted by molar-refractivity contribution is -0.169. The highest BCUT2D eigenvalue weighted by atomic mass is 16.7. The molecule has 0 radical (unpaired) electrons. The van der Waals surface area contributed by atoms with Gasteiger partial charge in [0.25, 0.3) is 5.91 Å². The molecule has 3 fully saturated rings. The summed E-state index contributed by atoms with van der Waals surface area (Å²) in [4.78, 5) is 18.9. The first-order valence-corrected chi connectivity index (χ1v) is 9.04. The molecule has 3 heterocycles. The number of carbonyl (C=O) groups excluding carboxylic acids is 1. The quantitative estimate of drug-likeness (QED) is 0.919. The highest BCUT2D eigenvalue weighted by Crippen LogP contribution is 2.33. The fraction of sp³-hybridized carbons (Fsp3) is 0.667. The van der Waals surface area contributed by atoms with Crippen molar-refractivity contribution in [2.75, 3.05) is 31.2 Å². The Bertz CT molecular complexity index is 568. The maximum Gasteiger partial charge on any atom is 0.270 e. The molecule has 2 aliphatic heterocycles. The number of amides is 1. The molecule has 2 saturated heterocycles. The van der Waals surface area contributed by atoms with Crippen molar-refractivity contribution >= 4 is 11.6 Å². The SMILES string of the molecule is O=C(NC1CCCC1)c1ccc(N2CCC3(CC2)OCCO3)cn1. The van der Waals surface area contributed by atoms with Gasteiger partial charge in [-0.25, -0.2) is 4.98 Å². The lowest BCUT2D eigenvalue weighted by Gasteiger charge is -2.38. The Kier molecular flexibility index (Phi) is 4.41. The molecule has 1 aromatic rings. The lowest BCUT2D eigenvalue weighted by atomic mass is 10.0. The molecule has 130 valence electrons. The molecule has 6 nitrogen and oxygen atoms in total. The summed E-state index contributed by atoms with van der Waals surface area (Å²) < 4.78 is 11.5. The van der Waals surface area contributed by atoms with E-state index in [0.717, 1.165) is 44.5 Å². The van der Waals surface area contributed by atoms with Gasteiger partial charge in [0.05, 0.1) is 25.1 Å². The second-order valence-corrected chi connectivity index (χ2v) is 6.95. The van der Waals surface area contributed by atoms with Crippen molar-refractivity contribution in [3.05, 3.63) is 24.0 Å². The van der Waals surface area contributed by atoms with Crippen LogP contribution in [0.4, 0.5) is 5.69 Å². The van der Waals surface area contributed by atoms with Gasteiger partial charge in [0.2, 0.25) is 0 Å². The van der Waals surface area contributed by atoms with E-state index < -0.39 is 0 Å². The number of nitrogens with zero attached hydrogens (tertiary/aromatic N) is 2. The van der Waals surface area contributed by atoms with Crippen molar-refractivity contribution < 1.29 is 14.3 Å². The van der Waals surface area contributed by atoms with Crippen molar-refractivity contribution in [2.45, 2.75) is 50.4 Å². The van der Waals surface area contributed by atoms with Gasteiger partial charge >= 0.3 is 0 Å². The van der Waals surface area contributed by atoms with Gasteiger partial charge in [0.1, 0.15) is 5.69 Å². The first kappa shape index (κ1) is 15.8. The highest BCUT2D eigenvalue weighted by Gasteiger charge is 2.39. The number of anilines is 1. The summed E-state index contributed by atoms with van der Waals surface area (Å²) in [5.74, 6) is -0.413. The van der Waals surface area contributed by atoms with Gasteiger partial charge in [-0.2, -0.15) is 0 Å². The molecule has 3 aliphatic rings. The summed E-state index contributed by atoms with van der Waals surface area (Å²) in [6.45, 7) is 3.17. The summed E-state index contributed by atoms with van der Waals surface area (Å²) in [7, 11) is 0. The smallest absolute Gasteiger partial charge is 0.270 e. The van der Waals surface area contributed by atoms with Crippen LogP contribution in [0.25, 0.3) is 0 Å². The summed E-state index contributed by atoms with van der Waals surface area (Å²) in [5, 5.41) is 3.08. The largest absolute Gasteiger partial charge is 0.370 e. The molecule has 0 atom stereocenters. The van der Waals surface area contributed by atoms with Crippen molar-refractivity contribution in [1.29, 1.82) is 0 Å². The minimum atomic E-state index is -0.356. The van der Waals surface area contributed by atoms with Crippen LogP contribution < -0.4 is 10.2 Å². The summed E-state index contributed by atoms with van der Waals surface area (Å²) in [6.07, 6.45) is 8.14. The second-order valence-electron chi connectivity index (χ2n) is 6.95. The minimum Gasteiger partial charge on any atom is -0.370 e. The average molecular weight is 331 g/mol. The second kappa shape index (κ2) is 6.69. The molecule has 4 rings (SSSR count). The van der Waals surface area contributed by atoms with Crippen LogP contribution in [0, 0.1) is 0 Å². The molecule has 1 amide bonds. The van der Waals surface area contributed by atoms with Gasteiger partial charge in [-0.3, -0.25) is 4.79 Å². The molecule has 0 bridgehead atoms. The van der Waals surface area contributed by atoms with Gasteiger partial charge in [-0.1, -0.05) is 12.8 Å². The van der Waals surface area contributed by atoms with E-state index in [1.807, 2.05) is 12.1 Å². The highest BCUT2D eigenvalue weighted by molar-refractivity contribution is 5.92. The monoisotopic (exact) mass is 331 g/mol. The van der Waals surface area contributed by atoms with E-state index in [2.05, 4.69) is 15.2 Å². The molecule has 1 aliphatic carbocycles. The number of rotatable bonds is 3. The minimum absolute atomic E-state index is 0.0567. The van der Waals surface area contributed by atoms with Crippen molar-refractivity contribution in [2.24, 2.45) is 0 Å². The maximum absolute atomic E-state index is 12.2. The first-order chi connectivity index (χ1) is 11.7. The fourth-order valence-corrected chi connectivity index (χ4v) is 3.93. The van der Waals surface area contributed by atoms with E-state index in [1.165, 1.54) is 12.8 Å². The van der Waals surface area contributed by atoms with Crippen molar-refractivity contribution in [3.8, 4) is 0 Å². The molecule has 6 heteroatoms. The van der Waals surface area contributed by atoms with Crippen LogP contribution in [0.15, 0.2) is 18.3 Å². The van der Waals surface area contributed by atoms with Crippen LogP contribution in [-0.4, -0.2) is 49.0 Å². The molecule has 1 aromatic heterocycles. The van der Waals surface area contributed by atoms with Crippen LogP contribution in [0.3, 0.4) is 0 Å². The number of aromatic nitrogens is 1. The Balaban J connectivity index is 1.34. The van der Waals surface area contributed by atoms with Crippen LogP contribution in [0.5, 0.6) is 0 Å². The third-order valence-electron chi connectivity index (χ3n) is 5.37. The van der Waals surface area contributed by atoms with Crippen LogP contribution >= 0.6 is 0 Å². The predicted octanol–water partition coefficient (Wildman–Crippen LogP) is 2.10. The predicted molar refractivity (Wildman–Crippen MR) is 90.0 cm³/mol. The van der Waals surface area contributed by atoms with E-state index in [9.17, 15) is 4.79 Å². The van der Waals surface area contributed by atoms with E-state index in [4.69, 9.17) is 9.47 Å². The topological polar surface area (TPSA) is 63.7 Å². The summed E-state index contributed by atoms with van der Waals surface area (Å²) in [6, 6.07) is 4.14. The Labute approximate surface area is 142 Å². The van der Waals surface area contributed by atoms with Gasteiger partial charge in [-0.05, 0) is 25.0 Å². The Hall–Kier alpha value is -1.66. The number of ether oxygens (including phenoxy) is 2. The third-order valence-corrected chi connectivity index (χ3v) is 5.37. The zero-order valence-electron chi connectivity index (χ0n) is 14.0. The van der Waals surface area contributed by atoms with Gasteiger partial charge in [0.15, 0.2) is 5.79 Å². The number of hydrogen-bond donors (Lipinski definition) is 1. The zero-order chi connectivity index (χ0) is 16.4. The standard InChI is InChI=1S/C18H25N3O3/c22-17(20-14-3-1-2-4-14)16-6-5-15(13-19-16)21-9-7-18(8-10-21)23-11-12-24-18/h5-6,13-14H,1-4,7-12H2,(H,20,22). The van der Waals surface area contributed by atoms with E-state index >= 15 is 0 Å². The number of piperidine rings is 1. The average Bonchev–Trinajstić information content (AvgIpc) is 3.28. The van der Waals surface area contributed by atoms with Crippen LogP contribution in [0.1, 0.15) is 49.0 Å². The van der Waals surface area contributed by atoms with Crippen LogP contribution in [0.2, 0.25) is 0 Å². The molecule has 1 spiro atoms. The number of hydrogen-bond acceptors (Lipinski definition) is 5. The fourth-order valence-electron chi connectivity index (χ4n) is 3.93. The van der Waals surface area contributed by atoms with E-state index in [-0.39, 0.29) is 11.7 Å². The van der Waals surface area contributed by atoms with Gasteiger partial charge in [-0.15, -0.1) is 0 Å². The summed E-state index contributed by atoms with van der Waals surface area (Å²) in [5.41, 5.74) is 1.56. The van der Waals surface area contributed by atoms with Gasteiger partial charge < -0.3 is 19.7 Å². The van der Waals surface area contributed by atoms with Gasteiger partial charge in [0, 0.05) is 32.0 Å². The van der Waals surface area contributed by atoms with Crippen molar-refractivity contribution in [3.63, 3.8) is 0 Å². The van der Waals surface area contributed by atoms with E-state index in [0.29, 0.717) is 24.9 Å². The first-order valence-electron chi connectivity index (χ1n) is 9.04. The molecule has 24 heavy (non-hydrogen) atoms. The maximum atomic E-state index is 12.2. The molecule has 0 unspecified atom stereocenters. The molecule has 1 N–H and O–H groups in total. The Morgan fingerprint density at radius 1 is 1.17 bits per heavy atom. The number of pyridine rings is 1.